The first-order valence-corrected chi connectivity index (χ1v) is 4.46. The third-order valence-electron chi connectivity index (χ3n) is 2.32. The quantitative estimate of drug-likeness (QED) is 0.806. The molecule has 1 fully saturated rings. The van der Waals surface area contributed by atoms with E-state index in [0.717, 1.165) is 18.9 Å². The van der Waals surface area contributed by atoms with Gasteiger partial charge in [0, 0.05) is 0 Å². The summed E-state index contributed by atoms with van der Waals surface area (Å²) >= 11 is 0. The van der Waals surface area contributed by atoms with Gasteiger partial charge >= 0.3 is 0 Å². The summed E-state index contributed by atoms with van der Waals surface area (Å²) in [5, 5.41) is 0. The predicted molar refractivity (Wildman–Crippen MR) is 48.0 cm³/mol. The van der Waals surface area contributed by atoms with E-state index < -0.39 is 11.6 Å². The lowest BCUT2D eigenvalue weighted by Crippen LogP contribution is -2.30. The van der Waals surface area contributed by atoms with Crippen LogP contribution in [0.2, 0.25) is 0 Å². The third kappa shape index (κ3) is 1.85. The molecule has 0 unspecified atom stereocenters. The van der Waals surface area contributed by atoms with Gasteiger partial charge in [-0.1, -0.05) is 6.07 Å². The minimum Gasteiger partial charge on any atom is -0.488 e. The van der Waals surface area contributed by atoms with Crippen molar-refractivity contribution in [3.63, 3.8) is 0 Å². The van der Waals surface area contributed by atoms with Gasteiger partial charge in [-0.3, -0.25) is 0 Å². The molecule has 1 aliphatic rings. The van der Waals surface area contributed by atoms with Crippen LogP contribution in [0.25, 0.3) is 0 Å². The second-order valence-corrected chi connectivity index (χ2v) is 3.70. The van der Waals surface area contributed by atoms with Gasteiger partial charge in [-0.2, -0.15) is 4.39 Å². The molecule has 0 aliphatic heterocycles. The summed E-state index contributed by atoms with van der Waals surface area (Å²) < 4.78 is 30.9. The van der Waals surface area contributed by atoms with E-state index in [1.807, 2.05) is 0 Å². The lowest BCUT2D eigenvalue weighted by Gasteiger charge is -2.11. The maximum Gasteiger partial charge on any atom is 0.200 e. The first kappa shape index (κ1) is 9.40. The molecule has 0 spiro atoms. The summed E-state index contributed by atoms with van der Waals surface area (Å²) in [5.74, 6) is -1.91. The van der Waals surface area contributed by atoms with Gasteiger partial charge in [-0.25, -0.2) is 4.39 Å². The zero-order valence-corrected chi connectivity index (χ0v) is 7.59. The fourth-order valence-electron chi connectivity index (χ4n) is 1.12. The fourth-order valence-corrected chi connectivity index (χ4v) is 1.12. The maximum absolute atomic E-state index is 13.1. The number of halogens is 2. The highest BCUT2D eigenvalue weighted by Crippen LogP contribution is 2.33. The summed E-state index contributed by atoms with van der Waals surface area (Å²) in [7, 11) is 0. The zero-order chi connectivity index (χ0) is 10.2. The Bertz CT molecular complexity index is 350. The van der Waals surface area contributed by atoms with Crippen molar-refractivity contribution >= 4 is 0 Å². The van der Waals surface area contributed by atoms with Crippen molar-refractivity contribution in [1.29, 1.82) is 0 Å². The molecule has 4 heteroatoms. The molecule has 2 nitrogen and oxygen atoms in total. The summed E-state index contributed by atoms with van der Waals surface area (Å²) in [6.07, 6.45) is 1.76. The van der Waals surface area contributed by atoms with E-state index in [1.54, 1.807) is 0 Å². The molecule has 0 atom stereocenters. The van der Waals surface area contributed by atoms with Crippen molar-refractivity contribution in [3.8, 4) is 5.75 Å². The van der Waals surface area contributed by atoms with Crippen molar-refractivity contribution in [2.45, 2.75) is 18.4 Å². The third-order valence-corrected chi connectivity index (χ3v) is 2.32. The number of nitrogens with two attached hydrogens (primary N) is 1. The van der Waals surface area contributed by atoms with Crippen molar-refractivity contribution in [3.05, 3.63) is 29.8 Å². The first-order chi connectivity index (χ1) is 6.61. The van der Waals surface area contributed by atoms with E-state index in [2.05, 4.69) is 0 Å². The number of hydrogen-bond donors (Lipinski definition) is 1. The molecule has 76 valence electrons. The Labute approximate surface area is 80.7 Å². The van der Waals surface area contributed by atoms with Crippen molar-refractivity contribution in [2.24, 2.45) is 5.73 Å². The number of hydrogen-bond acceptors (Lipinski definition) is 2. The van der Waals surface area contributed by atoms with Gasteiger partial charge in [-0.05, 0) is 25.0 Å². The van der Waals surface area contributed by atoms with Crippen LogP contribution >= 0.6 is 0 Å². The van der Waals surface area contributed by atoms with Gasteiger partial charge in [0.25, 0.3) is 0 Å². The minimum atomic E-state index is -0.947. The normalized spacial score (nSPS) is 17.9. The lowest BCUT2D eigenvalue weighted by atomic mass is 10.3. The average Bonchev–Trinajstić information content (AvgIpc) is 2.88. The molecule has 0 amide bonds. The molecule has 14 heavy (non-hydrogen) atoms. The average molecular weight is 199 g/mol. The second kappa shape index (κ2) is 3.20. The van der Waals surface area contributed by atoms with Crippen molar-refractivity contribution in [1.82, 2.24) is 0 Å². The Kier molecular flexibility index (Phi) is 2.15. The Morgan fingerprint density at radius 1 is 1.36 bits per heavy atom. The van der Waals surface area contributed by atoms with Gasteiger partial charge in [-0.15, -0.1) is 0 Å². The second-order valence-electron chi connectivity index (χ2n) is 3.70. The van der Waals surface area contributed by atoms with E-state index >= 15 is 0 Å². The molecule has 2 N–H and O–H groups in total. The monoisotopic (exact) mass is 199 g/mol. The molecule has 0 radical (unpaired) electrons. The van der Waals surface area contributed by atoms with Crippen LogP contribution in [0, 0.1) is 11.6 Å². The van der Waals surface area contributed by atoms with Crippen LogP contribution in [0.3, 0.4) is 0 Å². The number of ether oxygens (including phenoxy) is 1. The standard InChI is InChI=1S/C10H11F2NO/c11-7-2-1-3-8(9(7)12)14-6-10(13)4-5-10/h1-3H,4-6,13H2. The molecule has 0 bridgehead atoms. The van der Waals surface area contributed by atoms with Crippen LogP contribution in [-0.2, 0) is 0 Å². The summed E-state index contributed by atoms with van der Waals surface area (Å²) in [6.45, 7) is 0.243. The highest BCUT2D eigenvalue weighted by molar-refractivity contribution is 5.25. The van der Waals surface area contributed by atoms with Gasteiger partial charge in [0.1, 0.15) is 6.61 Å². The van der Waals surface area contributed by atoms with Crippen molar-refractivity contribution < 1.29 is 13.5 Å². The Morgan fingerprint density at radius 3 is 2.71 bits per heavy atom. The Hall–Kier alpha value is -1.16. The van der Waals surface area contributed by atoms with Crippen LogP contribution in [0.15, 0.2) is 18.2 Å². The molecular weight excluding hydrogens is 188 g/mol. The summed E-state index contributed by atoms with van der Waals surface area (Å²) in [5.41, 5.74) is 5.42. The fraction of sp³-hybridized carbons (Fsp3) is 0.400. The first-order valence-electron chi connectivity index (χ1n) is 4.46. The molecule has 0 aromatic heterocycles. The minimum absolute atomic E-state index is 0.0678. The SMILES string of the molecule is NC1(COc2cccc(F)c2F)CC1. The smallest absolute Gasteiger partial charge is 0.200 e. The topological polar surface area (TPSA) is 35.2 Å². The Morgan fingerprint density at radius 2 is 2.07 bits per heavy atom. The van der Waals surface area contributed by atoms with E-state index in [0.29, 0.717) is 0 Å². The molecule has 0 saturated heterocycles. The van der Waals surface area contributed by atoms with Gasteiger partial charge < -0.3 is 10.5 Å². The van der Waals surface area contributed by atoms with Gasteiger partial charge in [0.05, 0.1) is 5.54 Å². The van der Waals surface area contributed by atoms with Crippen LogP contribution in [0.1, 0.15) is 12.8 Å². The van der Waals surface area contributed by atoms with Crippen LogP contribution in [0.4, 0.5) is 8.78 Å². The van der Waals surface area contributed by atoms with Gasteiger partial charge in [0.2, 0.25) is 5.82 Å². The lowest BCUT2D eigenvalue weighted by molar-refractivity contribution is 0.263. The van der Waals surface area contributed by atoms with Crippen LogP contribution in [-0.4, -0.2) is 12.1 Å². The summed E-state index contributed by atoms with van der Waals surface area (Å²) in [6, 6.07) is 3.85. The van der Waals surface area contributed by atoms with E-state index in [4.69, 9.17) is 10.5 Å². The molecule has 0 heterocycles. The molecule has 1 aromatic rings. The molecule has 1 aromatic carbocycles. The molecular formula is C10H11F2NO. The van der Waals surface area contributed by atoms with Gasteiger partial charge in [0.15, 0.2) is 11.6 Å². The number of benzene rings is 1. The zero-order valence-electron chi connectivity index (χ0n) is 7.59. The molecule has 1 aliphatic carbocycles. The Balaban J connectivity index is 2.05. The molecule has 2 rings (SSSR count). The number of rotatable bonds is 3. The van der Waals surface area contributed by atoms with E-state index in [9.17, 15) is 8.78 Å². The maximum atomic E-state index is 13.1. The molecule has 1 saturated carbocycles. The summed E-state index contributed by atoms with van der Waals surface area (Å²) in [4.78, 5) is 0. The predicted octanol–water partition coefficient (Wildman–Crippen LogP) is 1.83. The highest BCUT2D eigenvalue weighted by Gasteiger charge is 2.39. The largest absolute Gasteiger partial charge is 0.488 e. The van der Waals surface area contributed by atoms with E-state index in [1.165, 1.54) is 12.1 Å². The van der Waals surface area contributed by atoms with Crippen molar-refractivity contribution in [2.75, 3.05) is 6.61 Å². The van der Waals surface area contributed by atoms with E-state index in [-0.39, 0.29) is 17.9 Å². The highest BCUT2D eigenvalue weighted by atomic mass is 19.2. The van der Waals surface area contributed by atoms with Crippen LogP contribution < -0.4 is 10.5 Å². The van der Waals surface area contributed by atoms with Crippen LogP contribution in [0.5, 0.6) is 5.75 Å².